The smallest absolute Gasteiger partial charge is 1.00 e. The van der Waals surface area contributed by atoms with Crippen LogP contribution in [0.1, 0.15) is 9.78 Å². The maximum Gasteiger partial charge on any atom is 2.00 e. The van der Waals surface area contributed by atoms with Gasteiger partial charge in [0.1, 0.15) is 6.04 Å². The van der Waals surface area contributed by atoms with Crippen LogP contribution >= 0.6 is 0 Å². The Morgan fingerprint density at radius 3 is 2.25 bits per heavy atom. The molecule has 0 saturated carbocycles. The molecule has 0 amide bonds. The van der Waals surface area contributed by atoms with Gasteiger partial charge < -0.3 is 7.96 Å². The van der Waals surface area contributed by atoms with Gasteiger partial charge in [-0.15, -0.1) is 0 Å². The van der Waals surface area contributed by atoms with E-state index in [1.54, 1.807) is 0 Å². The molecule has 0 aromatic carbocycles. The summed E-state index contributed by atoms with van der Waals surface area (Å²) in [7, 11) is 0. The minimum absolute atomic E-state index is 0. The molecule has 1 aliphatic heterocycles. The van der Waals surface area contributed by atoms with Crippen molar-refractivity contribution in [2.24, 2.45) is 0 Å². The summed E-state index contributed by atoms with van der Waals surface area (Å²) in [5.74, 6) is -0.743. The number of hydrogen-bond acceptors (Lipinski definition) is 2. The van der Waals surface area contributed by atoms with Gasteiger partial charge in [0, 0.05) is 6.04 Å². The van der Waals surface area contributed by atoms with E-state index >= 15 is 0 Å². The summed E-state index contributed by atoms with van der Waals surface area (Å²) in [6.45, 7) is 1.85. The van der Waals surface area contributed by atoms with Crippen LogP contribution in [0.3, 0.4) is 0 Å². The molecule has 0 bridgehead atoms. The molecule has 0 aromatic heterocycles. The Balaban J connectivity index is -0.000000163. The standard InChI is InChI=1S/C4H7NO2.Ca.2H/c1-2-3(5-2)4(6)7;;;/h2-3,5H,1H3,(H,6,7);;;/q;+2;2*-1. The third kappa shape index (κ3) is 1.90. The van der Waals surface area contributed by atoms with Crippen LogP contribution in [0.25, 0.3) is 0 Å². The third-order valence-electron chi connectivity index (χ3n) is 1.10. The maximum absolute atomic E-state index is 9.91. The van der Waals surface area contributed by atoms with E-state index in [-0.39, 0.29) is 52.7 Å². The van der Waals surface area contributed by atoms with Gasteiger partial charge in [-0.25, -0.2) is 0 Å². The molecule has 2 unspecified atom stereocenters. The molecule has 2 N–H and O–H groups in total. The Morgan fingerprint density at radius 1 is 1.88 bits per heavy atom. The molecule has 0 spiro atoms. The van der Waals surface area contributed by atoms with E-state index in [1.165, 1.54) is 0 Å². The van der Waals surface area contributed by atoms with Crippen LogP contribution in [0.2, 0.25) is 0 Å². The quantitative estimate of drug-likeness (QED) is 0.376. The summed E-state index contributed by atoms with van der Waals surface area (Å²) in [6, 6.07) is -0.0718. The number of aliphatic carboxylic acids is 1. The first-order valence-electron chi connectivity index (χ1n) is 2.20. The molecule has 1 fully saturated rings. The van der Waals surface area contributed by atoms with Gasteiger partial charge in [-0.1, -0.05) is 0 Å². The molecule has 1 heterocycles. The van der Waals surface area contributed by atoms with E-state index in [2.05, 4.69) is 5.32 Å². The Kier molecular flexibility index (Phi) is 3.27. The average Bonchev–Trinajstić information content (AvgIpc) is 2.17. The minimum Gasteiger partial charge on any atom is -1.00 e. The van der Waals surface area contributed by atoms with Crippen LogP contribution in [0.5, 0.6) is 0 Å². The number of nitrogens with one attached hydrogen (secondary N) is 1. The van der Waals surface area contributed by atoms with Crippen LogP contribution in [-0.2, 0) is 4.79 Å². The normalized spacial score (nSPS) is 33.1. The maximum atomic E-state index is 9.91. The number of rotatable bonds is 1. The summed E-state index contributed by atoms with van der Waals surface area (Å²) in [6.07, 6.45) is 0. The van der Waals surface area contributed by atoms with E-state index in [9.17, 15) is 4.79 Å². The predicted molar refractivity (Wildman–Crippen MR) is 32.0 cm³/mol. The van der Waals surface area contributed by atoms with Crippen LogP contribution in [-0.4, -0.2) is 60.9 Å². The van der Waals surface area contributed by atoms with Gasteiger partial charge in [-0.3, -0.25) is 10.1 Å². The summed E-state index contributed by atoms with van der Waals surface area (Å²) in [5, 5.41) is 10.9. The number of carbonyl (C=O) groups is 1. The fourth-order valence-electron chi connectivity index (χ4n) is 0.513. The molecule has 4 heteroatoms. The van der Waals surface area contributed by atoms with Crippen LogP contribution < -0.4 is 5.32 Å². The monoisotopic (exact) mass is 143 g/mol. The average molecular weight is 143 g/mol. The molecule has 1 saturated heterocycles. The second kappa shape index (κ2) is 3.01. The molecule has 8 heavy (non-hydrogen) atoms. The van der Waals surface area contributed by atoms with Gasteiger partial charge in [0.15, 0.2) is 0 Å². The second-order valence-electron chi connectivity index (χ2n) is 1.77. The van der Waals surface area contributed by atoms with Crippen molar-refractivity contribution in [1.82, 2.24) is 5.32 Å². The van der Waals surface area contributed by atoms with Crippen molar-refractivity contribution in [3.63, 3.8) is 0 Å². The molecular weight excluding hydrogens is 134 g/mol. The Hall–Kier alpha value is 0.690. The van der Waals surface area contributed by atoms with Gasteiger partial charge in [0.05, 0.1) is 0 Å². The van der Waals surface area contributed by atoms with Crippen molar-refractivity contribution < 1.29 is 12.8 Å². The summed E-state index contributed by atoms with van der Waals surface area (Å²) < 4.78 is 0. The number of hydrogen-bond donors (Lipinski definition) is 2. The molecule has 0 aromatic rings. The fraction of sp³-hybridized carbons (Fsp3) is 0.750. The van der Waals surface area contributed by atoms with Crippen molar-refractivity contribution in [1.29, 1.82) is 0 Å². The SMILES string of the molecule is CC1NC1C(=O)O.[Ca+2].[H-].[H-]. The molecule has 44 valence electrons. The molecule has 1 rings (SSSR count). The third-order valence-corrected chi connectivity index (χ3v) is 1.10. The molecule has 0 radical (unpaired) electrons. The van der Waals surface area contributed by atoms with Crippen molar-refractivity contribution in [3.05, 3.63) is 0 Å². The van der Waals surface area contributed by atoms with E-state index < -0.39 is 5.97 Å². The predicted octanol–water partition coefficient (Wildman–Crippen LogP) is -0.724. The zero-order valence-corrected chi connectivity index (χ0v) is 6.93. The molecule has 1 aliphatic rings. The van der Waals surface area contributed by atoms with Crippen molar-refractivity contribution in [3.8, 4) is 0 Å². The summed E-state index contributed by atoms with van der Waals surface area (Å²) >= 11 is 0. The Bertz CT molecular complexity index is 113. The second-order valence-corrected chi connectivity index (χ2v) is 1.77. The zero-order valence-electron chi connectivity index (χ0n) is 6.72. The molecule has 3 nitrogen and oxygen atoms in total. The van der Waals surface area contributed by atoms with Gasteiger partial charge in [0.2, 0.25) is 0 Å². The van der Waals surface area contributed by atoms with E-state index in [4.69, 9.17) is 5.11 Å². The van der Waals surface area contributed by atoms with Crippen LogP contribution in [0, 0.1) is 0 Å². The number of carboxylic acid groups (broad SMARTS) is 1. The number of carboxylic acids is 1. The Labute approximate surface area is 80.4 Å². The van der Waals surface area contributed by atoms with Crippen molar-refractivity contribution in [2.45, 2.75) is 19.0 Å². The van der Waals surface area contributed by atoms with Gasteiger partial charge >= 0.3 is 43.7 Å². The molecule has 0 aliphatic carbocycles. The first-order chi connectivity index (χ1) is 3.22. The Morgan fingerprint density at radius 2 is 2.25 bits per heavy atom. The first-order valence-corrected chi connectivity index (χ1v) is 2.20. The van der Waals surface area contributed by atoms with Crippen molar-refractivity contribution in [2.75, 3.05) is 0 Å². The summed E-state index contributed by atoms with van der Waals surface area (Å²) in [4.78, 5) is 9.91. The topological polar surface area (TPSA) is 59.2 Å². The van der Waals surface area contributed by atoms with Gasteiger partial charge in [0.25, 0.3) is 0 Å². The summed E-state index contributed by atoms with van der Waals surface area (Å²) in [5.41, 5.74) is 0. The molecular formula is C4H9CaNO2. The van der Waals surface area contributed by atoms with E-state index in [0.717, 1.165) is 0 Å². The fourth-order valence-corrected chi connectivity index (χ4v) is 0.513. The largest absolute Gasteiger partial charge is 2.00 e. The van der Waals surface area contributed by atoms with Gasteiger partial charge in [-0.2, -0.15) is 0 Å². The zero-order chi connectivity index (χ0) is 5.44. The van der Waals surface area contributed by atoms with Crippen LogP contribution in [0.15, 0.2) is 0 Å². The van der Waals surface area contributed by atoms with Crippen LogP contribution in [0.4, 0.5) is 0 Å². The van der Waals surface area contributed by atoms with Crippen molar-refractivity contribution >= 4 is 43.7 Å². The van der Waals surface area contributed by atoms with E-state index in [0.29, 0.717) is 0 Å². The van der Waals surface area contributed by atoms with Gasteiger partial charge in [-0.05, 0) is 6.92 Å². The first kappa shape index (κ1) is 8.69. The molecule has 2 atom stereocenters. The van der Waals surface area contributed by atoms with E-state index in [1.807, 2.05) is 6.92 Å². The minimum atomic E-state index is -0.743.